The highest BCUT2D eigenvalue weighted by molar-refractivity contribution is 6.08. The van der Waals surface area contributed by atoms with Crippen LogP contribution in [0.15, 0.2) is 164 Å². The van der Waals surface area contributed by atoms with Crippen molar-refractivity contribution in [1.82, 2.24) is 9.88 Å². The van der Waals surface area contributed by atoms with Crippen molar-refractivity contribution in [3.8, 4) is 28.1 Å². The van der Waals surface area contributed by atoms with Gasteiger partial charge in [0, 0.05) is 36.4 Å². The van der Waals surface area contributed by atoms with Crippen molar-refractivity contribution in [3.05, 3.63) is 192 Å². The van der Waals surface area contributed by atoms with E-state index in [0.29, 0.717) is 0 Å². The number of para-hydroxylation sites is 1. The molecule has 4 aromatic rings. The van der Waals surface area contributed by atoms with Gasteiger partial charge in [-0.2, -0.15) is 0 Å². The van der Waals surface area contributed by atoms with Gasteiger partial charge in [0.2, 0.25) is 0 Å². The van der Waals surface area contributed by atoms with E-state index in [1.807, 2.05) is 36.4 Å². The van der Waals surface area contributed by atoms with E-state index in [9.17, 15) is 0 Å². The Balaban J connectivity index is 1.60. The summed E-state index contributed by atoms with van der Waals surface area (Å²) >= 11 is 0. The monoisotopic (exact) mass is 640 g/mol. The van der Waals surface area contributed by atoms with Gasteiger partial charge in [0.15, 0.2) is 0 Å². The molecule has 0 unspecified atom stereocenters. The Hall–Kier alpha value is -6.13. The van der Waals surface area contributed by atoms with E-state index < -0.39 is 0 Å². The molecule has 1 aliphatic heterocycles. The molecule has 0 saturated carbocycles. The average molecular weight is 641 g/mol. The standard InChI is InChI=1S/C45H44N4/c1-6-14-40(29-46)38-22-20-37(21-23-38)39-24-25-43(36(8-3)27-39)45-33(5)32(4)44(49(45)42-18-10-9-11-19-42)28-35(7-2)41(30-47)17-12-15-34-16-13-26-48-31-34/h6-14,16-25,27-31,46,48H,1-3,15,26,47H2,4-5H3/b17-12-,35-28+,40-14+,41-30+,46-29?. The molecule has 4 heteroatoms. The van der Waals surface area contributed by atoms with Gasteiger partial charge in [-0.25, -0.2) is 0 Å². The molecule has 49 heavy (non-hydrogen) atoms. The minimum Gasteiger partial charge on any atom is -0.404 e. The van der Waals surface area contributed by atoms with Crippen LogP contribution in [-0.4, -0.2) is 17.3 Å². The summed E-state index contributed by atoms with van der Waals surface area (Å²) in [6, 6.07) is 25.3. The number of allylic oxidation sites excluding steroid dienone is 10. The van der Waals surface area contributed by atoms with Crippen molar-refractivity contribution >= 4 is 23.9 Å². The lowest BCUT2D eigenvalue weighted by atomic mass is 9.94. The number of aromatic nitrogens is 1. The van der Waals surface area contributed by atoms with Crippen molar-refractivity contribution < 1.29 is 0 Å². The van der Waals surface area contributed by atoms with Crippen LogP contribution in [0.3, 0.4) is 0 Å². The van der Waals surface area contributed by atoms with Crippen LogP contribution in [0.4, 0.5) is 0 Å². The van der Waals surface area contributed by atoms with Crippen LogP contribution in [0.5, 0.6) is 0 Å². The van der Waals surface area contributed by atoms with Gasteiger partial charge in [0.25, 0.3) is 0 Å². The number of hydrogen-bond acceptors (Lipinski definition) is 3. The van der Waals surface area contributed by atoms with Crippen LogP contribution >= 0.6 is 0 Å². The maximum atomic E-state index is 7.75. The molecule has 0 spiro atoms. The number of nitrogens with one attached hydrogen (secondary N) is 2. The molecule has 0 aliphatic carbocycles. The summed E-state index contributed by atoms with van der Waals surface area (Å²) in [5, 5.41) is 11.0. The third kappa shape index (κ3) is 7.55. The van der Waals surface area contributed by atoms with Crippen LogP contribution in [0.25, 0.3) is 45.8 Å². The highest BCUT2D eigenvalue weighted by Crippen LogP contribution is 2.39. The third-order valence-electron chi connectivity index (χ3n) is 8.84. The van der Waals surface area contributed by atoms with Crippen molar-refractivity contribution in [2.75, 3.05) is 6.54 Å². The fourth-order valence-corrected chi connectivity index (χ4v) is 6.12. The molecular formula is C45H44N4. The Bertz CT molecular complexity index is 2060. The summed E-state index contributed by atoms with van der Waals surface area (Å²) in [7, 11) is 0. The summed E-state index contributed by atoms with van der Waals surface area (Å²) in [6.07, 6.45) is 23.9. The first-order valence-electron chi connectivity index (χ1n) is 16.4. The molecular weight excluding hydrogens is 597 g/mol. The first kappa shape index (κ1) is 34.2. The highest BCUT2D eigenvalue weighted by Gasteiger charge is 2.21. The van der Waals surface area contributed by atoms with E-state index in [4.69, 9.17) is 11.1 Å². The summed E-state index contributed by atoms with van der Waals surface area (Å²) in [5.41, 5.74) is 21.0. The van der Waals surface area contributed by atoms with Crippen molar-refractivity contribution in [1.29, 1.82) is 5.41 Å². The predicted octanol–water partition coefficient (Wildman–Crippen LogP) is 10.7. The van der Waals surface area contributed by atoms with Gasteiger partial charge in [-0.3, -0.25) is 0 Å². The van der Waals surface area contributed by atoms with Gasteiger partial charge in [-0.05, 0) is 100 Å². The molecule has 0 atom stereocenters. The molecule has 4 N–H and O–H groups in total. The molecule has 3 aromatic carbocycles. The lowest BCUT2D eigenvalue weighted by molar-refractivity contribution is 0.944. The zero-order valence-corrected chi connectivity index (χ0v) is 28.4. The highest BCUT2D eigenvalue weighted by atomic mass is 15.0. The Morgan fingerprint density at radius 3 is 2.33 bits per heavy atom. The first-order chi connectivity index (χ1) is 23.9. The normalized spacial score (nSPS) is 13.6. The average Bonchev–Trinajstić information content (AvgIpc) is 3.40. The molecule has 0 bridgehead atoms. The smallest absolute Gasteiger partial charge is 0.0572 e. The van der Waals surface area contributed by atoms with E-state index in [1.54, 1.807) is 12.3 Å². The molecule has 4 nitrogen and oxygen atoms in total. The van der Waals surface area contributed by atoms with Crippen LogP contribution < -0.4 is 11.1 Å². The second-order valence-electron chi connectivity index (χ2n) is 11.8. The Labute approximate surface area is 291 Å². The van der Waals surface area contributed by atoms with Gasteiger partial charge < -0.3 is 21.0 Å². The summed E-state index contributed by atoms with van der Waals surface area (Å²) in [6.45, 7) is 17.4. The second-order valence-corrected chi connectivity index (χ2v) is 11.8. The minimum atomic E-state index is 0.801. The fourth-order valence-electron chi connectivity index (χ4n) is 6.12. The molecule has 0 radical (unpaired) electrons. The van der Waals surface area contributed by atoms with E-state index >= 15 is 0 Å². The predicted molar refractivity (Wildman–Crippen MR) is 213 cm³/mol. The van der Waals surface area contributed by atoms with Crippen molar-refractivity contribution in [2.24, 2.45) is 5.73 Å². The number of benzene rings is 3. The molecule has 2 heterocycles. The SMILES string of the molecule is C=C/C=C(\C=N)c1ccc(-c2ccc(-c3c(C)c(C)c(/C=C(C=C)/C(/C=C\CC4=CNCC=C4)=C/N)n3-c3ccccc3)c(C=C)c2)cc1. The number of dihydropyridines is 1. The van der Waals surface area contributed by atoms with Crippen LogP contribution in [-0.2, 0) is 0 Å². The maximum Gasteiger partial charge on any atom is 0.0572 e. The van der Waals surface area contributed by atoms with E-state index in [0.717, 1.165) is 74.6 Å². The maximum absolute atomic E-state index is 7.75. The van der Waals surface area contributed by atoms with Gasteiger partial charge in [0.05, 0.1) is 11.4 Å². The van der Waals surface area contributed by atoms with Gasteiger partial charge in [-0.1, -0.05) is 123 Å². The summed E-state index contributed by atoms with van der Waals surface area (Å²) in [4.78, 5) is 0. The Morgan fingerprint density at radius 2 is 1.69 bits per heavy atom. The topological polar surface area (TPSA) is 66.8 Å². The molecule has 1 aromatic heterocycles. The zero-order valence-electron chi connectivity index (χ0n) is 28.4. The van der Waals surface area contributed by atoms with E-state index in [1.165, 1.54) is 22.9 Å². The molecule has 1 aliphatic rings. The Morgan fingerprint density at radius 1 is 0.939 bits per heavy atom. The number of hydrogen-bond donors (Lipinski definition) is 3. The first-order valence-corrected chi connectivity index (χ1v) is 16.4. The molecule has 5 rings (SSSR count). The van der Waals surface area contributed by atoms with Crippen LogP contribution in [0.1, 0.15) is 34.4 Å². The molecule has 0 fully saturated rings. The van der Waals surface area contributed by atoms with E-state index in [2.05, 4.69) is 135 Å². The lowest BCUT2D eigenvalue weighted by Gasteiger charge is -2.17. The van der Waals surface area contributed by atoms with Gasteiger partial charge >= 0.3 is 0 Å². The summed E-state index contributed by atoms with van der Waals surface area (Å²) < 4.78 is 2.33. The largest absolute Gasteiger partial charge is 0.404 e. The molecule has 244 valence electrons. The second kappa shape index (κ2) is 16.1. The van der Waals surface area contributed by atoms with Gasteiger partial charge in [-0.15, -0.1) is 0 Å². The number of nitrogens with zero attached hydrogens (tertiary/aromatic N) is 1. The van der Waals surface area contributed by atoms with Crippen LogP contribution in [0.2, 0.25) is 0 Å². The van der Waals surface area contributed by atoms with Gasteiger partial charge in [0.1, 0.15) is 0 Å². The van der Waals surface area contributed by atoms with Crippen molar-refractivity contribution in [2.45, 2.75) is 20.3 Å². The third-order valence-corrected chi connectivity index (χ3v) is 8.84. The Kier molecular flexibility index (Phi) is 11.3. The lowest BCUT2D eigenvalue weighted by Crippen LogP contribution is -2.08. The van der Waals surface area contributed by atoms with Crippen molar-refractivity contribution in [3.63, 3.8) is 0 Å². The minimum absolute atomic E-state index is 0.801. The zero-order chi connectivity index (χ0) is 34.8. The number of nitrogens with two attached hydrogens (primary N) is 1. The summed E-state index contributed by atoms with van der Waals surface area (Å²) in [5.74, 6) is 0. The fraction of sp³-hybridized carbons (Fsp3) is 0.0889. The number of rotatable bonds is 13. The van der Waals surface area contributed by atoms with E-state index in [-0.39, 0.29) is 0 Å². The quantitative estimate of drug-likeness (QED) is 0.101. The molecule has 0 saturated heterocycles. The molecule has 0 amide bonds. The van der Waals surface area contributed by atoms with Crippen LogP contribution in [0, 0.1) is 19.3 Å².